The number of carbonyl (C=O) groups excluding carboxylic acids is 4. The van der Waals surface area contributed by atoms with Crippen LogP contribution in [0.4, 0.5) is 0 Å². The molecule has 0 unspecified atom stereocenters. The molecule has 1 aromatic carbocycles. The summed E-state index contributed by atoms with van der Waals surface area (Å²) in [6.45, 7) is 0.448. The van der Waals surface area contributed by atoms with Gasteiger partial charge in [-0.15, -0.1) is 0 Å². The highest BCUT2D eigenvalue weighted by molar-refractivity contribution is 6.24. The molecular weight excluding hydrogens is 470 g/mol. The number of primary amides is 1. The molecule has 2 bridgehead atoms. The Kier molecular flexibility index (Phi) is 4.68. The van der Waals surface area contributed by atoms with E-state index in [0.717, 1.165) is 0 Å². The first-order valence-corrected chi connectivity index (χ1v) is 11.9. The highest BCUT2D eigenvalue weighted by Crippen LogP contribution is 2.53. The van der Waals surface area contributed by atoms with Crippen LogP contribution in [-0.4, -0.2) is 79.5 Å². The number of likely N-dealkylation sites (tertiary alicyclic amines) is 1. The molecular formula is C25H25N3O8. The van der Waals surface area contributed by atoms with Crippen molar-refractivity contribution in [2.75, 3.05) is 13.1 Å². The number of piperidine rings is 1. The molecule has 0 radical (unpaired) electrons. The molecule has 1 saturated carbocycles. The van der Waals surface area contributed by atoms with Crippen molar-refractivity contribution in [2.24, 2.45) is 23.5 Å². The molecule has 7 N–H and O–H groups in total. The van der Waals surface area contributed by atoms with E-state index in [9.17, 15) is 39.6 Å². The number of carbonyl (C=O) groups is 4. The number of ketones is 2. The van der Waals surface area contributed by atoms with E-state index in [0.29, 0.717) is 12.0 Å². The summed E-state index contributed by atoms with van der Waals surface area (Å²) in [7, 11) is 0. The zero-order chi connectivity index (χ0) is 25.7. The van der Waals surface area contributed by atoms with Crippen molar-refractivity contribution < 1.29 is 39.6 Å². The van der Waals surface area contributed by atoms with Gasteiger partial charge in [-0.3, -0.25) is 24.1 Å². The number of benzene rings is 1. The quantitative estimate of drug-likeness (QED) is 0.286. The summed E-state index contributed by atoms with van der Waals surface area (Å²) in [5.41, 5.74) is 2.35. The first kappa shape index (κ1) is 22.7. The molecule has 0 aromatic heterocycles. The number of amides is 2. The van der Waals surface area contributed by atoms with E-state index < -0.39 is 58.0 Å². The molecule has 11 nitrogen and oxygen atoms in total. The lowest BCUT2D eigenvalue weighted by atomic mass is 9.57. The predicted octanol–water partition coefficient (Wildman–Crippen LogP) is -0.777. The van der Waals surface area contributed by atoms with E-state index in [1.165, 1.54) is 6.07 Å². The van der Waals surface area contributed by atoms with Gasteiger partial charge in [-0.05, 0) is 36.8 Å². The van der Waals surface area contributed by atoms with E-state index in [2.05, 4.69) is 5.32 Å². The molecule has 2 saturated heterocycles. The Hall–Kier alpha value is -3.70. The highest BCUT2D eigenvalue weighted by Gasteiger charge is 2.65. The predicted molar refractivity (Wildman–Crippen MR) is 122 cm³/mol. The molecule has 3 fully saturated rings. The van der Waals surface area contributed by atoms with Crippen LogP contribution in [0.25, 0.3) is 5.76 Å². The molecule has 1 aromatic rings. The van der Waals surface area contributed by atoms with Gasteiger partial charge < -0.3 is 31.5 Å². The summed E-state index contributed by atoms with van der Waals surface area (Å²) in [5.74, 6) is -7.31. The topological polar surface area (TPSA) is 190 Å². The third-order valence-corrected chi connectivity index (χ3v) is 8.49. The number of rotatable bonds is 2. The number of nitrogens with one attached hydrogen (secondary N) is 1. The molecule has 11 heteroatoms. The van der Waals surface area contributed by atoms with Crippen molar-refractivity contribution in [1.29, 1.82) is 0 Å². The van der Waals surface area contributed by atoms with Crippen LogP contribution in [0, 0.1) is 17.8 Å². The van der Waals surface area contributed by atoms with Crippen LogP contribution in [0.3, 0.4) is 0 Å². The summed E-state index contributed by atoms with van der Waals surface area (Å²) < 4.78 is 0. The zero-order valence-electron chi connectivity index (χ0n) is 19.1. The summed E-state index contributed by atoms with van der Waals surface area (Å²) in [4.78, 5) is 53.6. The Labute approximate surface area is 204 Å². The lowest BCUT2D eigenvalue weighted by Crippen LogP contribution is -2.67. The van der Waals surface area contributed by atoms with Crippen LogP contribution in [0.5, 0.6) is 5.75 Å². The summed E-state index contributed by atoms with van der Waals surface area (Å²) >= 11 is 0. The average molecular weight is 495 g/mol. The van der Waals surface area contributed by atoms with Gasteiger partial charge in [0.15, 0.2) is 11.4 Å². The Morgan fingerprint density at radius 2 is 1.83 bits per heavy atom. The van der Waals surface area contributed by atoms with E-state index in [1.807, 2.05) is 0 Å². The zero-order valence-corrected chi connectivity index (χ0v) is 19.1. The van der Waals surface area contributed by atoms with Crippen LogP contribution < -0.4 is 11.1 Å². The highest BCUT2D eigenvalue weighted by atomic mass is 16.3. The number of aliphatic hydroxyl groups excluding tert-OH is 2. The molecule has 2 heterocycles. The van der Waals surface area contributed by atoms with Gasteiger partial charge in [-0.25, -0.2) is 0 Å². The number of Topliss-reactive ketones (excluding diaryl/α,β-unsaturated/α-hetero) is 2. The van der Waals surface area contributed by atoms with Crippen LogP contribution in [-0.2, 0) is 25.6 Å². The lowest BCUT2D eigenvalue weighted by molar-refractivity contribution is -0.156. The molecule has 188 valence electrons. The van der Waals surface area contributed by atoms with Crippen molar-refractivity contribution in [3.05, 3.63) is 46.2 Å². The lowest BCUT2D eigenvalue weighted by Gasteiger charge is -2.52. The second kappa shape index (κ2) is 7.40. The maximum atomic E-state index is 13.9. The summed E-state index contributed by atoms with van der Waals surface area (Å²) in [6, 6.07) is 3.26. The fourth-order valence-corrected chi connectivity index (χ4v) is 6.98. The molecule has 5 aliphatic rings. The van der Waals surface area contributed by atoms with Gasteiger partial charge in [0.25, 0.3) is 5.91 Å². The molecule has 36 heavy (non-hydrogen) atoms. The molecule has 6 rings (SSSR count). The van der Waals surface area contributed by atoms with Gasteiger partial charge in [-0.2, -0.15) is 0 Å². The number of phenols is 1. The fraction of sp³-hybridized carbons (Fsp3) is 0.440. The summed E-state index contributed by atoms with van der Waals surface area (Å²) in [6.07, 6.45) is 0.870. The number of hydrogen-bond acceptors (Lipinski definition) is 9. The van der Waals surface area contributed by atoms with Crippen LogP contribution in [0.1, 0.15) is 24.0 Å². The maximum Gasteiger partial charge on any atom is 0.255 e. The number of aliphatic hydroxyl groups is 3. The molecule has 3 aliphatic carbocycles. The van der Waals surface area contributed by atoms with E-state index in [4.69, 9.17) is 5.73 Å². The number of hydrogen-bond donors (Lipinski definition) is 6. The van der Waals surface area contributed by atoms with Crippen molar-refractivity contribution in [3.63, 3.8) is 0 Å². The Bertz CT molecular complexity index is 1330. The molecule has 2 amide bonds. The number of nitrogens with zero attached hydrogens (tertiary/aromatic N) is 1. The van der Waals surface area contributed by atoms with E-state index >= 15 is 0 Å². The third kappa shape index (κ3) is 2.80. The van der Waals surface area contributed by atoms with Gasteiger partial charge in [-0.1, -0.05) is 12.1 Å². The summed E-state index contributed by atoms with van der Waals surface area (Å²) in [5, 5.41) is 47.0. The SMILES string of the molecule is NC(=O)C1=C(O)[C@@]2(O)C(=O)C3=C(O)c4c(O)cccc4C[C@H]3C[C@H]2[C@@H](N2C[C@H]3C[C@@H](C2)C(=O)N3)C1=O. The first-order valence-electron chi connectivity index (χ1n) is 11.9. The molecule has 6 atom stereocenters. The minimum Gasteiger partial charge on any atom is -0.508 e. The van der Waals surface area contributed by atoms with Crippen molar-refractivity contribution in [3.8, 4) is 5.75 Å². The number of phenolic OH excluding ortho intramolecular Hbond substituents is 1. The van der Waals surface area contributed by atoms with Crippen molar-refractivity contribution >= 4 is 29.1 Å². The van der Waals surface area contributed by atoms with Gasteiger partial charge in [0.05, 0.1) is 17.5 Å². The number of aromatic hydroxyl groups is 1. The van der Waals surface area contributed by atoms with Gasteiger partial charge in [0.1, 0.15) is 22.8 Å². The minimum absolute atomic E-state index is 0.0243. The Balaban J connectivity index is 1.51. The molecule has 2 aliphatic heterocycles. The fourth-order valence-electron chi connectivity index (χ4n) is 6.98. The van der Waals surface area contributed by atoms with Crippen molar-refractivity contribution in [2.45, 2.75) is 36.9 Å². The van der Waals surface area contributed by atoms with E-state index in [-0.39, 0.29) is 60.7 Å². The van der Waals surface area contributed by atoms with Gasteiger partial charge in [0.2, 0.25) is 11.7 Å². The monoisotopic (exact) mass is 495 g/mol. The van der Waals surface area contributed by atoms with Gasteiger partial charge >= 0.3 is 0 Å². The second-order valence-corrected chi connectivity index (χ2v) is 10.4. The molecule has 0 spiro atoms. The van der Waals surface area contributed by atoms with Crippen molar-refractivity contribution in [1.82, 2.24) is 10.2 Å². The van der Waals surface area contributed by atoms with Crippen LogP contribution >= 0.6 is 0 Å². The standard InChI is InChI=1S/C25H25N3O8/c26-23(34)17-20(31)18(28-7-11-5-12(8-28)27-24(11)35)13-6-10-4-9-2-1-3-14(29)15(9)19(30)16(10)21(32)25(13,36)22(17)33/h1-3,10-13,18,29-30,33,36H,4-8H2,(H2,26,34)(H,27,35)/t10-,11-,12+,13-,18+,25-/m0/s1. The third-order valence-electron chi connectivity index (χ3n) is 8.49. The Morgan fingerprint density at radius 3 is 2.53 bits per heavy atom. The maximum absolute atomic E-state index is 13.9. The van der Waals surface area contributed by atoms with Crippen LogP contribution in [0.2, 0.25) is 0 Å². The Morgan fingerprint density at radius 1 is 1.08 bits per heavy atom. The average Bonchev–Trinajstić information content (AvgIpc) is 3.06. The number of nitrogens with two attached hydrogens (primary N) is 1. The minimum atomic E-state index is -2.70. The first-order chi connectivity index (χ1) is 17.0. The number of fused-ring (bicyclic) bond motifs is 5. The van der Waals surface area contributed by atoms with E-state index in [1.54, 1.807) is 17.0 Å². The normalized spacial score (nSPS) is 35.8. The second-order valence-electron chi connectivity index (χ2n) is 10.4. The largest absolute Gasteiger partial charge is 0.508 e. The van der Waals surface area contributed by atoms with Crippen LogP contribution in [0.15, 0.2) is 35.1 Å². The smallest absolute Gasteiger partial charge is 0.255 e. The van der Waals surface area contributed by atoms with Gasteiger partial charge in [0, 0.05) is 30.6 Å².